The molecular weight excluding hydrogens is 192 g/mol. The van der Waals surface area contributed by atoms with Crippen LogP contribution in [0.1, 0.15) is 8.29 Å². The minimum Gasteiger partial charge on any atom is -0.499 e. The zero-order chi connectivity index (χ0) is 11.6. The Bertz CT molecular complexity index is 302. The minimum absolute atomic E-state index is 0.0921. The third-order valence-corrected chi connectivity index (χ3v) is 1.60. The number of carbonyl (C=O) groups excluding carboxylic acids is 1. The lowest BCUT2D eigenvalue weighted by Crippen LogP contribution is -2.32. The van der Waals surface area contributed by atoms with Crippen LogP contribution in [0.2, 0.25) is 0 Å². The summed E-state index contributed by atoms with van der Waals surface area (Å²) in [5, 5.41) is 27.2. The van der Waals surface area contributed by atoms with E-state index in [0.717, 1.165) is 0 Å². The summed E-state index contributed by atoms with van der Waals surface area (Å²) in [5.74, 6) is -2.48. The second-order valence-corrected chi connectivity index (χ2v) is 2.56. The van der Waals surface area contributed by atoms with Crippen LogP contribution in [0.4, 0.5) is 0 Å². The zero-order valence-electron chi connectivity index (χ0n) is 8.56. The van der Waals surface area contributed by atoms with Crippen LogP contribution in [0, 0.1) is 0 Å². The second kappa shape index (κ2) is 4.30. The third kappa shape index (κ3) is 1.80. The van der Waals surface area contributed by atoms with Crippen molar-refractivity contribution in [1.29, 1.82) is 0 Å². The van der Waals surface area contributed by atoms with Crippen molar-refractivity contribution >= 4 is 5.97 Å². The number of ether oxygens (including phenoxy) is 2. The van der Waals surface area contributed by atoms with Crippen LogP contribution in [0.25, 0.3) is 0 Å². The maximum absolute atomic E-state index is 11.0. The van der Waals surface area contributed by atoms with Gasteiger partial charge in [-0.2, -0.15) is 0 Å². The van der Waals surface area contributed by atoms with Crippen molar-refractivity contribution in [2.24, 2.45) is 0 Å². The second-order valence-electron chi connectivity index (χ2n) is 2.56. The molecule has 0 aromatic carbocycles. The van der Waals surface area contributed by atoms with Gasteiger partial charge in [0.15, 0.2) is 11.8 Å². The maximum atomic E-state index is 11.0. The quantitative estimate of drug-likeness (QED) is 0.513. The fraction of sp³-hybridized carbons (Fsp3) is 0.625. The van der Waals surface area contributed by atoms with E-state index in [-0.39, 0.29) is 6.61 Å². The Morgan fingerprint density at radius 2 is 2.43 bits per heavy atom. The molecule has 14 heavy (non-hydrogen) atoms. The van der Waals surface area contributed by atoms with Gasteiger partial charge in [0.05, 0.1) is 14.6 Å². The molecule has 0 unspecified atom stereocenters. The normalized spacial score (nSPS) is 29.9. The van der Waals surface area contributed by atoms with Crippen molar-refractivity contribution in [3.05, 3.63) is 11.5 Å². The molecule has 80 valence electrons. The average Bonchev–Trinajstić information content (AvgIpc) is 2.42. The molecule has 1 rings (SSSR count). The summed E-state index contributed by atoms with van der Waals surface area (Å²) in [6, 6.07) is 0. The van der Waals surface area contributed by atoms with Crippen LogP contribution in [0.15, 0.2) is 11.5 Å². The Morgan fingerprint density at radius 3 is 2.93 bits per heavy atom. The molecule has 1 heterocycles. The van der Waals surface area contributed by atoms with Crippen LogP contribution in [-0.2, 0) is 14.3 Å². The Balaban J connectivity index is 3.06. The predicted octanol–water partition coefficient (Wildman–Crippen LogP) is -0.929. The van der Waals surface area contributed by atoms with Crippen LogP contribution in [0.5, 0.6) is 0 Å². The highest BCUT2D eigenvalue weighted by molar-refractivity contribution is 5.89. The first-order chi connectivity index (χ1) is 6.97. The van der Waals surface area contributed by atoms with Crippen LogP contribution in [0.3, 0.4) is 0 Å². The molecule has 0 saturated carbocycles. The van der Waals surface area contributed by atoms with Crippen LogP contribution >= 0.6 is 0 Å². The molecule has 6 heteroatoms. The molecule has 0 aromatic heterocycles. The lowest BCUT2D eigenvalue weighted by Gasteiger charge is -2.17. The molecule has 0 spiro atoms. The van der Waals surface area contributed by atoms with E-state index in [2.05, 4.69) is 4.74 Å². The van der Waals surface area contributed by atoms with E-state index in [1.807, 2.05) is 0 Å². The minimum atomic E-state index is -2.27. The van der Waals surface area contributed by atoms with Gasteiger partial charge in [-0.25, -0.2) is 4.79 Å². The van der Waals surface area contributed by atoms with Gasteiger partial charge in [0.1, 0.15) is 6.10 Å². The Hall–Kier alpha value is -1.27. The fourth-order valence-corrected chi connectivity index (χ4v) is 0.990. The summed E-state index contributed by atoms with van der Waals surface area (Å²) < 4.78 is 16.9. The Morgan fingerprint density at radius 1 is 1.79 bits per heavy atom. The number of cyclic esters (lactones) is 1. The molecule has 3 N–H and O–H groups in total. The van der Waals surface area contributed by atoms with Gasteiger partial charge < -0.3 is 24.8 Å². The lowest BCUT2D eigenvalue weighted by molar-refractivity contribution is -0.148. The van der Waals surface area contributed by atoms with E-state index < -0.39 is 36.3 Å². The third-order valence-electron chi connectivity index (χ3n) is 1.60. The van der Waals surface area contributed by atoms with Crippen molar-refractivity contribution in [3.63, 3.8) is 0 Å². The molecule has 0 fully saturated rings. The molecule has 1 aliphatic rings. The predicted molar refractivity (Wildman–Crippen MR) is 44.3 cm³/mol. The first-order valence-electron chi connectivity index (χ1n) is 4.56. The van der Waals surface area contributed by atoms with Gasteiger partial charge in [-0.05, 0) is 6.92 Å². The van der Waals surface area contributed by atoms with Gasteiger partial charge in [0, 0.05) is 0 Å². The Kier molecular flexibility index (Phi) is 2.85. The molecule has 0 amide bonds. The summed E-state index contributed by atoms with van der Waals surface area (Å²) >= 11 is 0. The van der Waals surface area contributed by atoms with Gasteiger partial charge in [0.25, 0.3) is 0 Å². The highest BCUT2D eigenvalue weighted by atomic mass is 16.6. The molecule has 0 saturated heterocycles. The van der Waals surface area contributed by atoms with Crippen molar-refractivity contribution in [3.8, 4) is 0 Å². The van der Waals surface area contributed by atoms with E-state index in [4.69, 9.17) is 11.2 Å². The number of aliphatic hydroxyl groups excluding tert-OH is 3. The van der Waals surface area contributed by atoms with Crippen molar-refractivity contribution in [2.75, 3.05) is 13.2 Å². The van der Waals surface area contributed by atoms with Crippen LogP contribution in [-0.4, -0.2) is 46.7 Å². The highest BCUT2D eigenvalue weighted by Gasteiger charge is 2.40. The summed E-state index contributed by atoms with van der Waals surface area (Å²) in [7, 11) is 0. The van der Waals surface area contributed by atoms with Crippen molar-refractivity contribution in [1.82, 2.24) is 0 Å². The number of rotatable bonds is 4. The van der Waals surface area contributed by atoms with E-state index >= 15 is 0 Å². The zero-order valence-corrected chi connectivity index (χ0v) is 7.56. The average molecular weight is 205 g/mol. The van der Waals surface area contributed by atoms with Gasteiger partial charge in [0.2, 0.25) is 5.76 Å². The topological polar surface area (TPSA) is 96.2 Å². The standard InChI is InChI=1S/C8H12O6/c1-2-13-7-5(11)8(12)14-6(7)4(10)3-9/h4,6,9-11H,2-3H2,1H3/t4-,6+/m0/s1/i6D. The summed E-state index contributed by atoms with van der Waals surface area (Å²) in [4.78, 5) is 11.0. The number of hydrogen-bond acceptors (Lipinski definition) is 6. The first-order valence-corrected chi connectivity index (χ1v) is 4.06. The lowest BCUT2D eigenvalue weighted by atomic mass is 10.2. The molecule has 6 nitrogen and oxygen atoms in total. The highest BCUT2D eigenvalue weighted by Crippen LogP contribution is 2.24. The van der Waals surface area contributed by atoms with Gasteiger partial charge in [-0.15, -0.1) is 0 Å². The Labute approximate surface area is 81.8 Å². The fourth-order valence-electron chi connectivity index (χ4n) is 0.990. The van der Waals surface area contributed by atoms with Gasteiger partial charge in [-0.3, -0.25) is 0 Å². The number of carbonyl (C=O) groups is 1. The van der Waals surface area contributed by atoms with Crippen molar-refractivity contribution < 1.29 is 31.0 Å². The molecule has 1 aliphatic heterocycles. The monoisotopic (exact) mass is 205 g/mol. The van der Waals surface area contributed by atoms with E-state index in [1.165, 1.54) is 0 Å². The number of esters is 1. The number of hydrogen-bond donors (Lipinski definition) is 3. The van der Waals surface area contributed by atoms with E-state index in [1.54, 1.807) is 6.92 Å². The van der Waals surface area contributed by atoms with Gasteiger partial charge in [-0.1, -0.05) is 0 Å². The van der Waals surface area contributed by atoms with Gasteiger partial charge >= 0.3 is 5.97 Å². The largest absolute Gasteiger partial charge is 0.499 e. The summed E-state index contributed by atoms with van der Waals surface area (Å²) in [6.45, 7) is 0.879. The summed E-state index contributed by atoms with van der Waals surface area (Å²) in [5.41, 5.74) is 0. The molecule has 0 radical (unpaired) electrons. The van der Waals surface area contributed by atoms with Crippen molar-refractivity contribution in [2.45, 2.75) is 19.1 Å². The van der Waals surface area contributed by atoms with E-state index in [0.29, 0.717) is 0 Å². The molecule has 0 aromatic rings. The smallest absolute Gasteiger partial charge is 0.378 e. The maximum Gasteiger partial charge on any atom is 0.378 e. The summed E-state index contributed by atoms with van der Waals surface area (Å²) in [6.07, 6.45) is -3.95. The molecule has 0 bridgehead atoms. The first kappa shape index (κ1) is 9.29. The van der Waals surface area contributed by atoms with Crippen LogP contribution < -0.4 is 0 Å². The molecular formula is C8H12O6. The van der Waals surface area contributed by atoms with E-state index in [9.17, 15) is 15.0 Å². The SMILES string of the molecule is [2H][C@]1([C@@H](O)CO)OC(=O)C(O)=C1OCC. The molecule has 2 atom stereocenters. The molecule has 0 aliphatic carbocycles. The number of aliphatic hydroxyl groups is 3.